The van der Waals surface area contributed by atoms with Crippen LogP contribution >= 0.6 is 0 Å². The van der Waals surface area contributed by atoms with E-state index in [2.05, 4.69) is 11.1 Å². The van der Waals surface area contributed by atoms with Crippen LogP contribution in [0.3, 0.4) is 0 Å². The van der Waals surface area contributed by atoms with E-state index >= 15 is 0 Å². The lowest BCUT2D eigenvalue weighted by atomic mass is 9.90. The summed E-state index contributed by atoms with van der Waals surface area (Å²) in [5.74, 6) is 0. The Labute approximate surface area is 136 Å². The molecule has 3 rings (SSSR count). The number of amides is 1. The number of hydrogen-bond donors (Lipinski definition) is 2. The van der Waals surface area contributed by atoms with Crippen LogP contribution in [0.25, 0.3) is 10.9 Å². The second kappa shape index (κ2) is 5.27. The number of aliphatic hydroxyl groups is 1. The van der Waals surface area contributed by atoms with Gasteiger partial charge in [0.15, 0.2) is 11.3 Å². The van der Waals surface area contributed by atoms with Gasteiger partial charge in [0.1, 0.15) is 0 Å². The summed E-state index contributed by atoms with van der Waals surface area (Å²) >= 11 is 0. The zero-order valence-electron chi connectivity index (χ0n) is 14.1. The molecule has 5 nitrogen and oxygen atoms in total. The van der Waals surface area contributed by atoms with Gasteiger partial charge >= 0.3 is 6.09 Å². The van der Waals surface area contributed by atoms with Gasteiger partial charge in [-0.25, -0.2) is 4.79 Å². The van der Waals surface area contributed by atoms with Crippen molar-refractivity contribution in [1.29, 1.82) is 0 Å². The third-order valence-electron chi connectivity index (χ3n) is 5.35. The molecule has 0 radical (unpaired) electrons. The number of fused-ring (bicyclic) bond motifs is 1. The molecule has 23 heavy (non-hydrogen) atoms. The number of H-pyrrole nitrogens is 1. The van der Waals surface area contributed by atoms with Crippen LogP contribution in [0.2, 0.25) is 0 Å². The molecule has 1 aromatic carbocycles. The smallest absolute Gasteiger partial charge is 0.412 e. The standard InChI is InChI=1S/C18H24N2O3/c1-5-17(3)18(4,22)20(16(21)23-17)11-10-13-12(2)19-15-9-7-6-8-14(13)15/h6-9,19,22H,5,10-11H2,1-4H3/t17-,18+/m0/s1. The minimum absolute atomic E-state index is 0.421. The molecule has 2 N–H and O–H groups in total. The second-order valence-corrected chi connectivity index (χ2v) is 6.65. The quantitative estimate of drug-likeness (QED) is 0.909. The maximum atomic E-state index is 12.2. The minimum Gasteiger partial charge on any atom is -0.438 e. The molecule has 2 heterocycles. The van der Waals surface area contributed by atoms with E-state index in [1.54, 1.807) is 13.8 Å². The lowest BCUT2D eigenvalue weighted by Gasteiger charge is -2.36. The molecule has 1 fully saturated rings. The third-order valence-corrected chi connectivity index (χ3v) is 5.35. The number of cyclic esters (lactones) is 1. The Morgan fingerprint density at radius 1 is 1.30 bits per heavy atom. The summed E-state index contributed by atoms with van der Waals surface area (Å²) in [6.07, 6.45) is 0.784. The van der Waals surface area contributed by atoms with E-state index in [1.807, 2.05) is 32.0 Å². The maximum Gasteiger partial charge on any atom is 0.412 e. The van der Waals surface area contributed by atoms with E-state index in [4.69, 9.17) is 4.74 Å². The second-order valence-electron chi connectivity index (χ2n) is 6.65. The van der Waals surface area contributed by atoms with E-state index in [0.29, 0.717) is 19.4 Å². The molecule has 0 spiro atoms. The van der Waals surface area contributed by atoms with E-state index in [9.17, 15) is 9.90 Å². The van der Waals surface area contributed by atoms with Crippen molar-refractivity contribution in [1.82, 2.24) is 9.88 Å². The summed E-state index contributed by atoms with van der Waals surface area (Å²) in [6, 6.07) is 8.12. The Hall–Kier alpha value is -2.01. The lowest BCUT2D eigenvalue weighted by Crippen LogP contribution is -2.55. The Bertz CT molecular complexity index is 750. The van der Waals surface area contributed by atoms with Crippen molar-refractivity contribution in [2.45, 2.75) is 51.9 Å². The zero-order chi connectivity index (χ0) is 16.8. The van der Waals surface area contributed by atoms with E-state index < -0.39 is 17.4 Å². The Balaban J connectivity index is 1.85. The molecule has 1 aliphatic heterocycles. The first-order chi connectivity index (χ1) is 10.8. The first kappa shape index (κ1) is 15.9. The predicted octanol–water partition coefficient (Wildman–Crippen LogP) is 3.35. The first-order valence-corrected chi connectivity index (χ1v) is 8.09. The highest BCUT2D eigenvalue weighted by molar-refractivity contribution is 5.84. The fourth-order valence-electron chi connectivity index (χ4n) is 3.40. The molecule has 1 amide bonds. The SMILES string of the molecule is CC[C@]1(C)OC(=O)N(CCc2c(C)[nH]c3ccccc23)[C@]1(C)O. The molecule has 0 saturated carbocycles. The monoisotopic (exact) mass is 316 g/mol. The van der Waals surface area contributed by atoms with Gasteiger partial charge in [-0.3, -0.25) is 4.90 Å². The van der Waals surface area contributed by atoms with Gasteiger partial charge in [-0.05, 0) is 45.2 Å². The number of aromatic amines is 1. The Morgan fingerprint density at radius 3 is 2.65 bits per heavy atom. The number of nitrogens with one attached hydrogen (secondary N) is 1. The summed E-state index contributed by atoms with van der Waals surface area (Å²) in [6.45, 7) is 7.80. The number of aromatic nitrogens is 1. The van der Waals surface area contributed by atoms with Gasteiger partial charge in [0.2, 0.25) is 0 Å². The van der Waals surface area contributed by atoms with Gasteiger partial charge < -0.3 is 14.8 Å². The third kappa shape index (κ3) is 2.30. The molecule has 0 aliphatic carbocycles. The van der Waals surface area contributed by atoms with Gasteiger partial charge in [0, 0.05) is 23.1 Å². The summed E-state index contributed by atoms with van der Waals surface area (Å²) in [5.41, 5.74) is 1.18. The maximum absolute atomic E-state index is 12.2. The predicted molar refractivity (Wildman–Crippen MR) is 89.2 cm³/mol. The zero-order valence-corrected chi connectivity index (χ0v) is 14.1. The largest absolute Gasteiger partial charge is 0.438 e. The number of hydrogen-bond acceptors (Lipinski definition) is 3. The molecule has 2 aromatic rings. The highest BCUT2D eigenvalue weighted by Crippen LogP contribution is 2.39. The van der Waals surface area contributed by atoms with Crippen LogP contribution in [0.15, 0.2) is 24.3 Å². The van der Waals surface area contributed by atoms with E-state index in [-0.39, 0.29) is 0 Å². The molecular weight excluding hydrogens is 292 g/mol. The van der Waals surface area contributed by atoms with Gasteiger partial charge in [-0.1, -0.05) is 25.1 Å². The van der Waals surface area contributed by atoms with Crippen molar-refractivity contribution in [3.8, 4) is 0 Å². The van der Waals surface area contributed by atoms with Crippen molar-refractivity contribution in [3.05, 3.63) is 35.5 Å². The summed E-state index contributed by atoms with van der Waals surface area (Å²) in [7, 11) is 0. The number of rotatable bonds is 4. The van der Waals surface area contributed by atoms with E-state index in [1.165, 1.54) is 10.5 Å². The van der Waals surface area contributed by atoms with Crippen molar-refractivity contribution < 1.29 is 14.6 Å². The van der Waals surface area contributed by atoms with Gasteiger partial charge in [0.25, 0.3) is 0 Å². The molecule has 124 valence electrons. The highest BCUT2D eigenvalue weighted by atomic mass is 16.6. The van der Waals surface area contributed by atoms with Crippen molar-refractivity contribution in [2.24, 2.45) is 0 Å². The summed E-state index contributed by atoms with van der Waals surface area (Å²) in [5, 5.41) is 12.0. The molecule has 1 aliphatic rings. The molecule has 2 atom stereocenters. The van der Waals surface area contributed by atoms with Crippen LogP contribution in [-0.2, 0) is 11.2 Å². The lowest BCUT2D eigenvalue weighted by molar-refractivity contribution is -0.137. The average Bonchev–Trinajstić information content (AvgIpc) is 2.90. The highest BCUT2D eigenvalue weighted by Gasteiger charge is 2.58. The topological polar surface area (TPSA) is 65.6 Å². The number of para-hydroxylation sites is 1. The van der Waals surface area contributed by atoms with Crippen LogP contribution < -0.4 is 0 Å². The number of carbonyl (C=O) groups excluding carboxylic acids is 1. The summed E-state index contributed by atoms with van der Waals surface area (Å²) < 4.78 is 5.44. The number of benzene rings is 1. The number of carbonyl (C=O) groups is 1. The summed E-state index contributed by atoms with van der Waals surface area (Å²) in [4.78, 5) is 17.0. The average molecular weight is 316 g/mol. The number of ether oxygens (including phenoxy) is 1. The number of nitrogens with zero attached hydrogens (tertiary/aromatic N) is 1. The van der Waals surface area contributed by atoms with Crippen molar-refractivity contribution in [2.75, 3.05) is 6.54 Å². The molecular formula is C18H24N2O3. The molecule has 0 unspecified atom stereocenters. The fraction of sp³-hybridized carbons (Fsp3) is 0.500. The molecule has 1 saturated heterocycles. The molecule has 1 aromatic heterocycles. The Morgan fingerprint density at radius 2 is 2.00 bits per heavy atom. The van der Waals surface area contributed by atoms with Gasteiger partial charge in [0.05, 0.1) is 0 Å². The van der Waals surface area contributed by atoms with Gasteiger partial charge in [-0.15, -0.1) is 0 Å². The van der Waals surface area contributed by atoms with Crippen LogP contribution in [0.4, 0.5) is 4.79 Å². The van der Waals surface area contributed by atoms with Crippen molar-refractivity contribution >= 4 is 17.0 Å². The number of aryl methyl sites for hydroxylation is 1. The first-order valence-electron chi connectivity index (χ1n) is 8.09. The van der Waals surface area contributed by atoms with Crippen LogP contribution in [0.1, 0.15) is 38.4 Å². The van der Waals surface area contributed by atoms with Crippen LogP contribution in [0.5, 0.6) is 0 Å². The van der Waals surface area contributed by atoms with Crippen molar-refractivity contribution in [3.63, 3.8) is 0 Å². The van der Waals surface area contributed by atoms with Crippen LogP contribution in [-0.4, -0.2) is 39.0 Å². The van der Waals surface area contributed by atoms with Gasteiger partial charge in [-0.2, -0.15) is 0 Å². The van der Waals surface area contributed by atoms with E-state index in [0.717, 1.165) is 16.6 Å². The molecule has 5 heteroatoms. The minimum atomic E-state index is -1.31. The Kier molecular flexibility index (Phi) is 3.64. The van der Waals surface area contributed by atoms with Crippen LogP contribution in [0, 0.1) is 6.92 Å². The fourth-order valence-corrected chi connectivity index (χ4v) is 3.40. The normalized spacial score (nSPS) is 27.7. The molecule has 0 bridgehead atoms.